The lowest BCUT2D eigenvalue weighted by Gasteiger charge is -2.12. The van der Waals surface area contributed by atoms with Crippen molar-refractivity contribution in [1.82, 2.24) is 0 Å². The minimum Gasteiger partial charge on any atom is -0.396 e. The lowest BCUT2D eigenvalue weighted by atomic mass is 9.92. The molecule has 0 aliphatic carbocycles. The van der Waals surface area contributed by atoms with Gasteiger partial charge in [0.1, 0.15) is 6.29 Å². The van der Waals surface area contributed by atoms with E-state index in [2.05, 4.69) is 0 Å². The van der Waals surface area contributed by atoms with Crippen LogP contribution in [0.3, 0.4) is 0 Å². The molecule has 8 heavy (non-hydrogen) atoms. The molecule has 0 bridgehead atoms. The van der Waals surface area contributed by atoms with Gasteiger partial charge in [0.05, 0.1) is 0 Å². The minimum atomic E-state index is -0.839. The largest absolute Gasteiger partial charge is 0.396 e. The second-order valence-corrected chi connectivity index (χ2v) is 2.10. The van der Waals surface area contributed by atoms with Crippen LogP contribution in [0.1, 0.15) is 13.3 Å². The lowest BCUT2D eigenvalue weighted by Crippen LogP contribution is -2.14. The van der Waals surface area contributed by atoms with Crippen molar-refractivity contribution in [1.29, 1.82) is 0 Å². The molecule has 0 aliphatic rings. The quantitative estimate of drug-likeness (QED) is 0.535. The molecule has 0 aromatic rings. The minimum absolute atomic E-state index is 0.0360. The summed E-state index contributed by atoms with van der Waals surface area (Å²) < 4.78 is 0. The molecule has 0 aromatic carbocycles. The van der Waals surface area contributed by atoms with Crippen molar-refractivity contribution in [2.75, 3.05) is 6.61 Å². The van der Waals surface area contributed by atoms with Crippen LogP contribution in [0.15, 0.2) is 0 Å². The molecule has 2 nitrogen and oxygen atoms in total. The third kappa shape index (κ3) is 2.75. The topological polar surface area (TPSA) is 37.3 Å². The van der Waals surface area contributed by atoms with E-state index in [1.54, 1.807) is 6.92 Å². The van der Waals surface area contributed by atoms with E-state index in [0.717, 1.165) is 0 Å². The van der Waals surface area contributed by atoms with E-state index in [1.165, 1.54) is 0 Å². The lowest BCUT2D eigenvalue weighted by molar-refractivity contribution is -0.114. The number of aliphatic hydroxyl groups excluding tert-OH is 1. The van der Waals surface area contributed by atoms with E-state index in [-0.39, 0.29) is 6.61 Å². The smallest absolute Gasteiger partial charge is 0.126 e. The highest BCUT2D eigenvalue weighted by Crippen LogP contribution is 2.13. The molecule has 0 aromatic heterocycles. The summed E-state index contributed by atoms with van der Waals surface area (Å²) in [6, 6.07) is 0. The zero-order chi connectivity index (χ0) is 6.62. The van der Waals surface area contributed by atoms with Crippen LogP contribution in [-0.2, 0) is 4.79 Å². The molecule has 0 unspecified atom stereocenters. The summed E-state index contributed by atoms with van der Waals surface area (Å²) in [6.07, 6.45) is 0.972. The first-order valence-corrected chi connectivity index (χ1v) is 2.48. The molecule has 0 saturated carbocycles. The summed E-state index contributed by atoms with van der Waals surface area (Å²) in [6.45, 7) is 6.84. The van der Waals surface area contributed by atoms with E-state index in [1.807, 2.05) is 0 Å². The van der Waals surface area contributed by atoms with Crippen molar-refractivity contribution < 1.29 is 9.90 Å². The molecule has 0 heterocycles. The average molecular weight is 114 g/mol. The molecular formula is C6H10O2. The van der Waals surface area contributed by atoms with E-state index < -0.39 is 5.41 Å². The van der Waals surface area contributed by atoms with Crippen LogP contribution < -0.4 is 0 Å². The molecule has 0 aliphatic heterocycles. The highest BCUT2D eigenvalue weighted by molar-refractivity contribution is 5.59. The first-order valence-electron chi connectivity index (χ1n) is 2.48. The van der Waals surface area contributed by atoms with Gasteiger partial charge in [-0.3, -0.25) is 0 Å². The average Bonchev–Trinajstić information content (AvgIpc) is 1.67. The third-order valence-corrected chi connectivity index (χ3v) is 0.920. The van der Waals surface area contributed by atoms with Gasteiger partial charge in [-0.25, -0.2) is 0 Å². The maximum absolute atomic E-state index is 9.98. The van der Waals surface area contributed by atoms with Gasteiger partial charge in [-0.15, -0.1) is 0 Å². The van der Waals surface area contributed by atoms with Crippen molar-refractivity contribution in [3.63, 3.8) is 0 Å². The van der Waals surface area contributed by atoms with E-state index in [4.69, 9.17) is 12.0 Å². The van der Waals surface area contributed by atoms with E-state index >= 15 is 0 Å². The number of carbonyl (C=O) groups excluding carboxylic acids is 1. The summed E-state index contributed by atoms with van der Waals surface area (Å²) in [7, 11) is 0. The number of hydrogen-bond acceptors (Lipinski definition) is 2. The number of rotatable bonds is 3. The van der Waals surface area contributed by atoms with Gasteiger partial charge in [-0.05, 0) is 13.3 Å². The summed E-state index contributed by atoms with van der Waals surface area (Å²) in [5.41, 5.74) is -0.839. The fourth-order valence-electron chi connectivity index (χ4n) is 0.300. The second-order valence-electron chi connectivity index (χ2n) is 2.10. The molecular weight excluding hydrogens is 104 g/mol. The molecule has 0 spiro atoms. The fraction of sp³-hybridized carbons (Fsp3) is 0.667. The number of carbonyl (C=O) groups is 1. The van der Waals surface area contributed by atoms with Crippen LogP contribution >= 0.6 is 0 Å². The molecule has 0 rings (SSSR count). The molecule has 1 N–H and O–H groups in total. The second kappa shape index (κ2) is 2.82. The Morgan fingerprint density at radius 2 is 2.38 bits per heavy atom. The van der Waals surface area contributed by atoms with Gasteiger partial charge in [-0.2, -0.15) is 0 Å². The van der Waals surface area contributed by atoms with E-state index in [0.29, 0.717) is 12.7 Å². The zero-order valence-electron chi connectivity index (χ0n) is 4.92. The van der Waals surface area contributed by atoms with Crippen LogP contribution in [0.4, 0.5) is 0 Å². The van der Waals surface area contributed by atoms with Crippen molar-refractivity contribution in [2.45, 2.75) is 13.3 Å². The van der Waals surface area contributed by atoms with Gasteiger partial charge >= 0.3 is 0 Å². The van der Waals surface area contributed by atoms with Gasteiger partial charge in [0.2, 0.25) is 0 Å². The first kappa shape index (κ1) is 7.63. The Kier molecular flexibility index (Phi) is 2.69. The number of aldehydes is 1. The van der Waals surface area contributed by atoms with Crippen molar-refractivity contribution >= 4 is 6.29 Å². The maximum atomic E-state index is 9.98. The highest BCUT2D eigenvalue weighted by Gasteiger charge is 2.14. The monoisotopic (exact) mass is 114 g/mol. The van der Waals surface area contributed by atoms with Crippen LogP contribution in [-0.4, -0.2) is 18.0 Å². The Balaban J connectivity index is 3.53. The Bertz CT molecular complexity index is 76.6. The molecule has 0 amide bonds. The molecule has 0 saturated heterocycles. The van der Waals surface area contributed by atoms with Crippen molar-refractivity contribution in [3.05, 3.63) is 6.92 Å². The standard InChI is InChI=1S/C6H10O2/c1-6(2,5-8)3-4-7/h1,5,7H,3-4H2,2H3/t6-/m1/s1. The Labute approximate surface area is 49.5 Å². The normalized spacial score (nSPS) is 11.4. The van der Waals surface area contributed by atoms with Gasteiger partial charge in [-0.1, -0.05) is 6.92 Å². The summed E-state index contributed by atoms with van der Waals surface area (Å²) >= 11 is 0. The summed E-state index contributed by atoms with van der Waals surface area (Å²) in [4.78, 5) is 9.98. The van der Waals surface area contributed by atoms with Gasteiger partial charge < -0.3 is 9.90 Å². The SMILES string of the molecule is [CH][C@](C)(C=O)CCO. The van der Waals surface area contributed by atoms with Gasteiger partial charge in [0.15, 0.2) is 0 Å². The molecule has 0 fully saturated rings. The van der Waals surface area contributed by atoms with Crippen LogP contribution in [0.25, 0.3) is 0 Å². The third-order valence-electron chi connectivity index (χ3n) is 0.920. The summed E-state index contributed by atoms with van der Waals surface area (Å²) in [5, 5.41) is 8.29. The Morgan fingerprint density at radius 1 is 1.88 bits per heavy atom. The predicted molar refractivity (Wildman–Crippen MR) is 30.2 cm³/mol. The number of hydrogen-bond donors (Lipinski definition) is 1. The predicted octanol–water partition coefficient (Wildman–Crippen LogP) is 0.285. The summed E-state index contributed by atoms with van der Waals surface area (Å²) in [5.74, 6) is 0. The molecule has 2 heteroatoms. The van der Waals surface area contributed by atoms with Crippen molar-refractivity contribution in [3.8, 4) is 0 Å². The Morgan fingerprint density at radius 3 is 2.50 bits per heavy atom. The fourth-order valence-corrected chi connectivity index (χ4v) is 0.300. The van der Waals surface area contributed by atoms with E-state index in [9.17, 15) is 4.79 Å². The van der Waals surface area contributed by atoms with Gasteiger partial charge in [0, 0.05) is 12.0 Å². The molecule has 2 radical (unpaired) electrons. The first-order chi connectivity index (χ1) is 3.62. The number of aliphatic hydroxyl groups is 1. The van der Waals surface area contributed by atoms with Crippen LogP contribution in [0.2, 0.25) is 0 Å². The molecule has 46 valence electrons. The van der Waals surface area contributed by atoms with Crippen LogP contribution in [0, 0.1) is 12.3 Å². The van der Waals surface area contributed by atoms with Crippen LogP contribution in [0.5, 0.6) is 0 Å². The zero-order valence-corrected chi connectivity index (χ0v) is 4.92. The highest BCUT2D eigenvalue weighted by atomic mass is 16.3. The molecule has 1 atom stereocenters. The Hall–Kier alpha value is -0.370. The maximum Gasteiger partial charge on any atom is 0.126 e. The van der Waals surface area contributed by atoms with Crippen molar-refractivity contribution in [2.24, 2.45) is 5.41 Å². The van der Waals surface area contributed by atoms with Gasteiger partial charge in [0.25, 0.3) is 0 Å².